The van der Waals surface area contributed by atoms with Crippen molar-refractivity contribution in [2.45, 2.75) is 39.0 Å². The molecule has 1 atom stereocenters. The van der Waals surface area contributed by atoms with Crippen LogP contribution >= 0.6 is 11.6 Å². The fraction of sp³-hybridized carbons (Fsp3) is 0.533. The Balaban J connectivity index is 2.52. The van der Waals surface area contributed by atoms with Crippen molar-refractivity contribution >= 4 is 17.4 Å². The van der Waals surface area contributed by atoms with Gasteiger partial charge in [-0.05, 0) is 37.4 Å². The maximum Gasteiger partial charge on any atom is 0.164 e. The lowest BCUT2D eigenvalue weighted by Crippen LogP contribution is -2.11. The van der Waals surface area contributed by atoms with E-state index in [0.717, 1.165) is 25.7 Å². The highest BCUT2D eigenvalue weighted by Crippen LogP contribution is 2.21. The third-order valence-corrected chi connectivity index (χ3v) is 3.56. The lowest BCUT2D eigenvalue weighted by atomic mass is 9.92. The molecule has 1 unspecified atom stereocenters. The van der Waals surface area contributed by atoms with E-state index in [-0.39, 0.29) is 5.78 Å². The zero-order chi connectivity index (χ0) is 13.4. The molecule has 0 aliphatic carbocycles. The zero-order valence-electron chi connectivity index (χ0n) is 11.0. The molecule has 0 bridgehead atoms. The van der Waals surface area contributed by atoms with Gasteiger partial charge in [0.2, 0.25) is 0 Å². The summed E-state index contributed by atoms with van der Waals surface area (Å²) in [5, 5.41) is 0.549. The van der Waals surface area contributed by atoms with Crippen molar-refractivity contribution in [3.8, 4) is 0 Å². The van der Waals surface area contributed by atoms with E-state index in [1.165, 1.54) is 0 Å². The Hall–Kier alpha value is -0.860. The van der Waals surface area contributed by atoms with Crippen molar-refractivity contribution < 1.29 is 4.79 Å². The van der Waals surface area contributed by atoms with Crippen LogP contribution in [0.15, 0.2) is 24.3 Å². The molecule has 2 nitrogen and oxygen atoms in total. The van der Waals surface area contributed by atoms with Gasteiger partial charge in [0.1, 0.15) is 0 Å². The molecule has 0 aliphatic rings. The second-order valence-electron chi connectivity index (χ2n) is 4.67. The Labute approximate surface area is 115 Å². The number of ketones is 1. The second-order valence-corrected chi connectivity index (χ2v) is 5.08. The smallest absolute Gasteiger partial charge is 0.164 e. The number of halogens is 1. The number of benzene rings is 1. The van der Waals surface area contributed by atoms with E-state index < -0.39 is 0 Å². The Morgan fingerprint density at radius 3 is 2.61 bits per heavy atom. The standard InChI is InChI=1S/C15H22ClNO/c1-2-5-12(10-11-17)8-9-15(18)13-6-3-4-7-14(13)16/h3-4,6-7,12H,2,5,8-11,17H2,1H3. The molecule has 0 saturated heterocycles. The Bertz CT molecular complexity index is 373. The molecule has 18 heavy (non-hydrogen) atoms. The van der Waals surface area contributed by atoms with Crippen LogP contribution in [-0.4, -0.2) is 12.3 Å². The van der Waals surface area contributed by atoms with Crippen molar-refractivity contribution in [2.75, 3.05) is 6.54 Å². The lowest BCUT2D eigenvalue weighted by Gasteiger charge is -2.14. The first kappa shape index (κ1) is 15.2. The van der Waals surface area contributed by atoms with E-state index in [1.807, 2.05) is 12.1 Å². The molecular formula is C15H22ClNO. The molecule has 0 aliphatic heterocycles. The van der Waals surface area contributed by atoms with Gasteiger partial charge >= 0.3 is 0 Å². The van der Waals surface area contributed by atoms with Gasteiger partial charge in [0.15, 0.2) is 5.78 Å². The first-order chi connectivity index (χ1) is 8.69. The quantitative estimate of drug-likeness (QED) is 0.722. The number of carbonyl (C=O) groups excluding carboxylic acids is 1. The third-order valence-electron chi connectivity index (χ3n) is 3.23. The van der Waals surface area contributed by atoms with Gasteiger partial charge in [-0.3, -0.25) is 4.79 Å². The van der Waals surface area contributed by atoms with Crippen molar-refractivity contribution in [1.29, 1.82) is 0 Å². The van der Waals surface area contributed by atoms with Crippen LogP contribution in [0.2, 0.25) is 5.02 Å². The predicted molar refractivity (Wildman–Crippen MR) is 77.1 cm³/mol. The highest BCUT2D eigenvalue weighted by Gasteiger charge is 2.13. The number of Topliss-reactive ketones (excluding diaryl/α,β-unsaturated/α-hetero) is 1. The SMILES string of the molecule is CCCC(CCN)CCC(=O)c1ccccc1Cl. The molecule has 0 heterocycles. The van der Waals surface area contributed by atoms with E-state index in [0.29, 0.717) is 29.5 Å². The minimum Gasteiger partial charge on any atom is -0.330 e. The maximum absolute atomic E-state index is 12.1. The summed E-state index contributed by atoms with van der Waals surface area (Å²) >= 11 is 6.02. The molecule has 3 heteroatoms. The molecule has 0 fully saturated rings. The van der Waals surface area contributed by atoms with Crippen LogP contribution in [0.25, 0.3) is 0 Å². The normalized spacial score (nSPS) is 12.4. The molecule has 0 saturated carbocycles. The fourth-order valence-electron chi connectivity index (χ4n) is 2.23. The first-order valence-electron chi connectivity index (χ1n) is 6.66. The zero-order valence-corrected chi connectivity index (χ0v) is 11.7. The number of nitrogens with two attached hydrogens (primary N) is 1. The first-order valence-corrected chi connectivity index (χ1v) is 7.04. The predicted octanol–water partition coefficient (Wildman–Crippen LogP) is 4.07. The van der Waals surface area contributed by atoms with Crippen molar-refractivity contribution in [3.63, 3.8) is 0 Å². The number of rotatable bonds is 8. The Morgan fingerprint density at radius 1 is 1.28 bits per heavy atom. The van der Waals surface area contributed by atoms with Crippen LogP contribution in [0, 0.1) is 5.92 Å². The lowest BCUT2D eigenvalue weighted by molar-refractivity contribution is 0.0972. The summed E-state index contributed by atoms with van der Waals surface area (Å²) in [6.45, 7) is 2.87. The van der Waals surface area contributed by atoms with Crippen LogP contribution in [0.3, 0.4) is 0 Å². The number of hydrogen-bond donors (Lipinski definition) is 1. The topological polar surface area (TPSA) is 43.1 Å². The summed E-state index contributed by atoms with van der Waals surface area (Å²) in [6, 6.07) is 7.25. The molecular weight excluding hydrogens is 246 g/mol. The molecule has 0 amide bonds. The van der Waals surface area contributed by atoms with Gasteiger partial charge in [-0.25, -0.2) is 0 Å². The molecule has 0 radical (unpaired) electrons. The molecule has 1 aromatic rings. The van der Waals surface area contributed by atoms with E-state index >= 15 is 0 Å². The van der Waals surface area contributed by atoms with Gasteiger partial charge in [-0.2, -0.15) is 0 Å². The minimum atomic E-state index is 0.138. The van der Waals surface area contributed by atoms with E-state index in [1.54, 1.807) is 12.1 Å². The molecule has 2 N–H and O–H groups in total. The maximum atomic E-state index is 12.1. The van der Waals surface area contributed by atoms with Gasteiger partial charge in [0.25, 0.3) is 0 Å². The average molecular weight is 268 g/mol. The van der Waals surface area contributed by atoms with Crippen molar-refractivity contribution in [2.24, 2.45) is 11.7 Å². The summed E-state index contributed by atoms with van der Waals surface area (Å²) in [4.78, 5) is 12.1. The monoisotopic (exact) mass is 267 g/mol. The number of carbonyl (C=O) groups is 1. The van der Waals surface area contributed by atoms with Crippen LogP contribution in [0.4, 0.5) is 0 Å². The molecule has 1 aromatic carbocycles. The van der Waals surface area contributed by atoms with Gasteiger partial charge in [-0.1, -0.05) is 43.5 Å². The van der Waals surface area contributed by atoms with Crippen LogP contribution in [0.5, 0.6) is 0 Å². The molecule has 100 valence electrons. The van der Waals surface area contributed by atoms with E-state index in [9.17, 15) is 4.79 Å². The Morgan fingerprint density at radius 2 is 2.00 bits per heavy atom. The largest absolute Gasteiger partial charge is 0.330 e. The Kier molecular flexibility index (Phi) is 6.99. The van der Waals surface area contributed by atoms with Crippen LogP contribution in [-0.2, 0) is 0 Å². The van der Waals surface area contributed by atoms with Crippen molar-refractivity contribution in [1.82, 2.24) is 0 Å². The molecule has 0 spiro atoms. The summed E-state index contributed by atoms with van der Waals surface area (Å²) in [5.41, 5.74) is 6.24. The minimum absolute atomic E-state index is 0.138. The number of hydrogen-bond acceptors (Lipinski definition) is 2. The molecule has 1 rings (SSSR count). The van der Waals surface area contributed by atoms with Crippen molar-refractivity contribution in [3.05, 3.63) is 34.9 Å². The van der Waals surface area contributed by atoms with E-state index in [2.05, 4.69) is 6.92 Å². The summed E-state index contributed by atoms with van der Waals surface area (Å²) in [6.07, 6.45) is 4.77. The fourth-order valence-corrected chi connectivity index (χ4v) is 2.48. The summed E-state index contributed by atoms with van der Waals surface area (Å²) in [5.74, 6) is 0.699. The molecule has 0 aromatic heterocycles. The highest BCUT2D eigenvalue weighted by molar-refractivity contribution is 6.33. The van der Waals surface area contributed by atoms with Gasteiger partial charge in [-0.15, -0.1) is 0 Å². The van der Waals surface area contributed by atoms with Crippen LogP contribution < -0.4 is 5.73 Å². The van der Waals surface area contributed by atoms with Gasteiger partial charge in [0.05, 0.1) is 5.02 Å². The average Bonchev–Trinajstić information content (AvgIpc) is 2.36. The third kappa shape index (κ3) is 4.79. The van der Waals surface area contributed by atoms with Gasteiger partial charge in [0, 0.05) is 12.0 Å². The second kappa shape index (κ2) is 8.28. The summed E-state index contributed by atoms with van der Waals surface area (Å²) < 4.78 is 0. The summed E-state index contributed by atoms with van der Waals surface area (Å²) in [7, 11) is 0. The highest BCUT2D eigenvalue weighted by atomic mass is 35.5. The van der Waals surface area contributed by atoms with Gasteiger partial charge < -0.3 is 5.73 Å². The van der Waals surface area contributed by atoms with E-state index in [4.69, 9.17) is 17.3 Å². The van der Waals surface area contributed by atoms with Crippen LogP contribution in [0.1, 0.15) is 49.4 Å².